The molecule has 0 unspecified atom stereocenters. The second kappa shape index (κ2) is 10.4. The minimum absolute atomic E-state index is 0.0445. The van der Waals surface area contributed by atoms with Gasteiger partial charge in [-0.15, -0.1) is 0 Å². The van der Waals surface area contributed by atoms with Gasteiger partial charge >= 0.3 is 0 Å². The molecule has 2 amide bonds. The lowest BCUT2D eigenvalue weighted by molar-refractivity contribution is -0.117. The van der Waals surface area contributed by atoms with Crippen molar-refractivity contribution in [2.24, 2.45) is 5.92 Å². The van der Waals surface area contributed by atoms with Gasteiger partial charge in [0.15, 0.2) is 11.5 Å². The summed E-state index contributed by atoms with van der Waals surface area (Å²) >= 11 is 0. The Kier molecular flexibility index (Phi) is 6.90. The molecule has 1 saturated carbocycles. The van der Waals surface area contributed by atoms with Crippen molar-refractivity contribution in [1.82, 2.24) is 5.32 Å². The quantitative estimate of drug-likeness (QED) is 0.438. The molecular formula is C31H32N2O3. The van der Waals surface area contributed by atoms with Gasteiger partial charge in [0.2, 0.25) is 0 Å². The monoisotopic (exact) mass is 480 g/mol. The predicted octanol–water partition coefficient (Wildman–Crippen LogP) is 6.27. The summed E-state index contributed by atoms with van der Waals surface area (Å²) in [5.74, 6) is 1.41. The molecule has 1 aliphatic heterocycles. The van der Waals surface area contributed by atoms with E-state index in [2.05, 4.69) is 24.4 Å². The number of anilines is 1. The first-order valence-electron chi connectivity index (χ1n) is 12.7. The van der Waals surface area contributed by atoms with Crippen LogP contribution < -0.4 is 15.0 Å². The van der Waals surface area contributed by atoms with E-state index in [1.807, 2.05) is 55.5 Å². The average Bonchev–Trinajstić information content (AvgIpc) is 2.89. The molecule has 2 aliphatic rings. The number of nitrogens with one attached hydrogen (secondary N) is 1. The number of carbonyl (C=O) groups is 2. The van der Waals surface area contributed by atoms with E-state index < -0.39 is 0 Å². The molecular weight excluding hydrogens is 448 g/mol. The normalized spacial score (nSPS) is 20.6. The van der Waals surface area contributed by atoms with E-state index in [9.17, 15) is 9.59 Å². The lowest BCUT2D eigenvalue weighted by Crippen LogP contribution is -2.37. The van der Waals surface area contributed by atoms with Crippen molar-refractivity contribution in [3.05, 3.63) is 101 Å². The molecule has 184 valence electrons. The van der Waals surface area contributed by atoms with Gasteiger partial charge in [-0.3, -0.25) is 14.5 Å². The first kappa shape index (κ1) is 23.9. The largest absolute Gasteiger partial charge is 0.449 e. The second-order valence-electron chi connectivity index (χ2n) is 10.0. The number of aryl methyl sites for hydroxylation is 1. The summed E-state index contributed by atoms with van der Waals surface area (Å²) in [5, 5.41) is 3.17. The van der Waals surface area contributed by atoms with E-state index >= 15 is 0 Å². The van der Waals surface area contributed by atoms with Gasteiger partial charge in [0.1, 0.15) is 0 Å². The van der Waals surface area contributed by atoms with Crippen LogP contribution in [0.1, 0.15) is 59.7 Å². The molecule has 5 nitrogen and oxygen atoms in total. The van der Waals surface area contributed by atoms with Gasteiger partial charge in [-0.2, -0.15) is 0 Å². The number of rotatable bonds is 5. The fourth-order valence-electron chi connectivity index (χ4n) is 4.85. The lowest BCUT2D eigenvalue weighted by atomic mass is 9.87. The zero-order valence-electron chi connectivity index (χ0n) is 20.9. The van der Waals surface area contributed by atoms with E-state index in [-0.39, 0.29) is 23.6 Å². The molecule has 3 aromatic rings. The highest BCUT2D eigenvalue weighted by molar-refractivity contribution is 6.09. The van der Waals surface area contributed by atoms with E-state index in [0.29, 0.717) is 17.9 Å². The average molecular weight is 481 g/mol. The molecule has 0 atom stereocenters. The summed E-state index contributed by atoms with van der Waals surface area (Å²) < 4.78 is 6.01. The molecule has 0 aromatic heterocycles. The Balaban J connectivity index is 1.33. The van der Waals surface area contributed by atoms with Gasteiger partial charge in [0.25, 0.3) is 11.8 Å². The summed E-state index contributed by atoms with van der Waals surface area (Å²) in [7, 11) is 0. The molecule has 1 heterocycles. The Bertz CT molecular complexity index is 1270. The number of benzene rings is 3. The van der Waals surface area contributed by atoms with Gasteiger partial charge < -0.3 is 10.1 Å². The van der Waals surface area contributed by atoms with E-state index in [0.717, 1.165) is 48.4 Å². The van der Waals surface area contributed by atoms with Crippen molar-refractivity contribution in [3.8, 4) is 5.75 Å². The Morgan fingerprint density at radius 1 is 0.972 bits per heavy atom. The third kappa shape index (κ3) is 5.35. The highest BCUT2D eigenvalue weighted by Crippen LogP contribution is 2.36. The van der Waals surface area contributed by atoms with Crippen LogP contribution >= 0.6 is 0 Å². The number of fused-ring (bicyclic) bond motifs is 1. The molecule has 1 N–H and O–H groups in total. The van der Waals surface area contributed by atoms with Crippen LogP contribution in [0.15, 0.2) is 78.6 Å². The molecule has 1 fully saturated rings. The third-order valence-corrected chi connectivity index (χ3v) is 7.11. The van der Waals surface area contributed by atoms with Gasteiger partial charge in [0.05, 0.1) is 12.2 Å². The number of para-hydroxylation sites is 2. The van der Waals surface area contributed by atoms with E-state index in [1.54, 1.807) is 23.1 Å². The molecule has 5 heteroatoms. The van der Waals surface area contributed by atoms with Crippen LogP contribution in [0.5, 0.6) is 5.75 Å². The molecule has 0 saturated heterocycles. The van der Waals surface area contributed by atoms with Crippen molar-refractivity contribution >= 4 is 23.6 Å². The zero-order valence-corrected chi connectivity index (χ0v) is 20.9. The molecule has 0 radical (unpaired) electrons. The smallest absolute Gasteiger partial charge is 0.294 e. The minimum atomic E-state index is -0.192. The summed E-state index contributed by atoms with van der Waals surface area (Å²) in [6.45, 7) is 4.77. The fourth-order valence-corrected chi connectivity index (χ4v) is 4.85. The number of amides is 2. The maximum atomic E-state index is 13.5. The number of hydrogen-bond acceptors (Lipinski definition) is 3. The van der Waals surface area contributed by atoms with E-state index in [4.69, 9.17) is 4.74 Å². The molecule has 0 bridgehead atoms. The van der Waals surface area contributed by atoms with Crippen molar-refractivity contribution < 1.29 is 14.3 Å². The second-order valence-corrected chi connectivity index (χ2v) is 10.0. The number of ether oxygens (including phenoxy) is 1. The van der Waals surface area contributed by atoms with Gasteiger partial charge in [-0.05, 0) is 80.0 Å². The Morgan fingerprint density at radius 2 is 1.67 bits per heavy atom. The molecule has 36 heavy (non-hydrogen) atoms. The van der Waals surface area contributed by atoms with Crippen LogP contribution in [0.3, 0.4) is 0 Å². The molecule has 3 aromatic carbocycles. The van der Waals surface area contributed by atoms with Gasteiger partial charge in [-0.1, -0.05) is 61.0 Å². The third-order valence-electron chi connectivity index (χ3n) is 7.11. The molecule has 5 rings (SSSR count). The fraction of sp³-hybridized carbons (Fsp3) is 0.290. The SMILES string of the molecule is Cc1ccc(CN2C(=O)C(=Cc3ccc(C(=O)NC4CCC(C)CC4)cc3)Oc3ccccc32)cc1. The maximum Gasteiger partial charge on any atom is 0.294 e. The maximum absolute atomic E-state index is 13.5. The Hall–Kier alpha value is -3.86. The summed E-state index contributed by atoms with van der Waals surface area (Å²) in [4.78, 5) is 27.9. The summed E-state index contributed by atoms with van der Waals surface area (Å²) in [6, 6.07) is 23.3. The number of nitrogens with zero attached hydrogens (tertiary/aromatic N) is 1. The van der Waals surface area contributed by atoms with Gasteiger partial charge in [0, 0.05) is 11.6 Å². The first-order chi connectivity index (χ1) is 17.5. The van der Waals surface area contributed by atoms with E-state index in [1.165, 1.54) is 5.56 Å². The van der Waals surface area contributed by atoms with Crippen LogP contribution in [0.2, 0.25) is 0 Å². The van der Waals surface area contributed by atoms with Crippen LogP contribution in [0.4, 0.5) is 5.69 Å². The van der Waals surface area contributed by atoms with Crippen molar-refractivity contribution in [2.45, 2.75) is 52.1 Å². The van der Waals surface area contributed by atoms with Gasteiger partial charge in [-0.25, -0.2) is 0 Å². The van der Waals surface area contributed by atoms with Crippen molar-refractivity contribution in [3.63, 3.8) is 0 Å². The lowest BCUT2D eigenvalue weighted by Gasteiger charge is -2.30. The van der Waals surface area contributed by atoms with Crippen LogP contribution in [0, 0.1) is 12.8 Å². The highest BCUT2D eigenvalue weighted by atomic mass is 16.5. The highest BCUT2D eigenvalue weighted by Gasteiger charge is 2.30. The Morgan fingerprint density at radius 3 is 2.39 bits per heavy atom. The number of carbonyl (C=O) groups excluding carboxylic acids is 2. The zero-order chi connectivity index (χ0) is 25.1. The first-order valence-corrected chi connectivity index (χ1v) is 12.7. The topological polar surface area (TPSA) is 58.6 Å². The Labute approximate surface area is 212 Å². The predicted molar refractivity (Wildman–Crippen MR) is 143 cm³/mol. The standard InChI is InChI=1S/C31H32N2O3/c1-21-7-11-24(12-8-21)20-33-27-5-3-4-6-28(27)36-29(31(33)35)19-23-13-15-25(16-14-23)30(34)32-26-17-9-22(2)10-18-26/h3-8,11-16,19,22,26H,9-10,17-18,20H2,1-2H3,(H,32,34). The number of hydrogen-bond donors (Lipinski definition) is 1. The van der Waals surface area contributed by atoms with Crippen LogP contribution in [0.25, 0.3) is 6.08 Å². The van der Waals surface area contributed by atoms with Crippen LogP contribution in [-0.2, 0) is 11.3 Å². The molecule has 0 spiro atoms. The van der Waals surface area contributed by atoms with Crippen molar-refractivity contribution in [2.75, 3.05) is 4.90 Å². The van der Waals surface area contributed by atoms with Crippen LogP contribution in [-0.4, -0.2) is 17.9 Å². The molecule has 1 aliphatic carbocycles. The summed E-state index contributed by atoms with van der Waals surface area (Å²) in [6.07, 6.45) is 6.14. The summed E-state index contributed by atoms with van der Waals surface area (Å²) in [5.41, 5.74) is 4.41. The minimum Gasteiger partial charge on any atom is -0.449 e. The van der Waals surface area contributed by atoms with Crippen molar-refractivity contribution in [1.29, 1.82) is 0 Å².